The lowest BCUT2D eigenvalue weighted by atomic mass is 9.79. The third kappa shape index (κ3) is 3.34. The molecule has 1 fully saturated rings. The zero-order valence-corrected chi connectivity index (χ0v) is 11.9. The zero-order chi connectivity index (χ0) is 13.8. The number of hydrogen-bond acceptors (Lipinski definition) is 5. The van der Waals surface area contributed by atoms with Gasteiger partial charge in [0.15, 0.2) is 0 Å². The lowest BCUT2D eigenvalue weighted by molar-refractivity contribution is 0.00578. The third-order valence-corrected chi connectivity index (χ3v) is 3.38. The SMILES string of the molecule is COCCN=C/C(=C\N)B1OC(C)(C)C(C)(C)O1. The molecule has 102 valence electrons. The minimum atomic E-state index is -0.466. The molecule has 0 atom stereocenters. The van der Waals surface area contributed by atoms with Gasteiger partial charge in [-0.05, 0) is 33.9 Å². The van der Waals surface area contributed by atoms with E-state index in [4.69, 9.17) is 19.8 Å². The Morgan fingerprint density at radius 1 is 1.28 bits per heavy atom. The van der Waals surface area contributed by atoms with E-state index < -0.39 is 7.12 Å². The minimum Gasteiger partial charge on any atom is -0.405 e. The molecular formula is C12H23BN2O3. The van der Waals surface area contributed by atoms with Crippen molar-refractivity contribution in [3.8, 4) is 0 Å². The molecule has 0 saturated carbocycles. The maximum Gasteiger partial charge on any atom is 0.497 e. The molecule has 1 aliphatic rings. The van der Waals surface area contributed by atoms with Crippen LogP contribution < -0.4 is 5.73 Å². The predicted molar refractivity (Wildman–Crippen MR) is 73.6 cm³/mol. The summed E-state index contributed by atoms with van der Waals surface area (Å²) in [6.07, 6.45) is 3.15. The van der Waals surface area contributed by atoms with E-state index in [0.717, 1.165) is 5.47 Å². The van der Waals surface area contributed by atoms with Crippen LogP contribution in [-0.4, -0.2) is 44.8 Å². The fourth-order valence-corrected chi connectivity index (χ4v) is 1.48. The van der Waals surface area contributed by atoms with Crippen LogP contribution in [0.15, 0.2) is 16.7 Å². The standard InChI is InChI=1S/C12H23BN2O3/c1-11(2)12(3,4)18-13(17-11)10(8-14)9-15-6-7-16-5/h8-9H,6-7,14H2,1-5H3/b10-8+,15-9?. The second-order valence-corrected chi connectivity index (χ2v) is 5.28. The highest BCUT2D eigenvalue weighted by Crippen LogP contribution is 2.38. The molecule has 1 rings (SSSR count). The number of hydrogen-bond donors (Lipinski definition) is 1. The van der Waals surface area contributed by atoms with Gasteiger partial charge in [-0.3, -0.25) is 4.99 Å². The van der Waals surface area contributed by atoms with Crippen LogP contribution in [0.5, 0.6) is 0 Å². The molecule has 6 heteroatoms. The largest absolute Gasteiger partial charge is 0.497 e. The maximum absolute atomic E-state index is 5.88. The molecule has 18 heavy (non-hydrogen) atoms. The van der Waals surface area contributed by atoms with Gasteiger partial charge in [0.05, 0.1) is 24.4 Å². The van der Waals surface area contributed by atoms with Crippen molar-refractivity contribution in [1.29, 1.82) is 0 Å². The summed E-state index contributed by atoms with van der Waals surface area (Å²) in [5.74, 6) is 0. The fourth-order valence-electron chi connectivity index (χ4n) is 1.48. The smallest absolute Gasteiger partial charge is 0.405 e. The Kier molecular flexibility index (Phi) is 4.96. The fraction of sp³-hybridized carbons (Fsp3) is 0.750. The van der Waals surface area contributed by atoms with Crippen molar-refractivity contribution in [2.75, 3.05) is 20.3 Å². The first-order valence-electron chi connectivity index (χ1n) is 6.10. The zero-order valence-electron chi connectivity index (χ0n) is 11.9. The van der Waals surface area contributed by atoms with Crippen molar-refractivity contribution in [2.45, 2.75) is 38.9 Å². The summed E-state index contributed by atoms with van der Waals surface area (Å²) in [6.45, 7) is 9.18. The summed E-state index contributed by atoms with van der Waals surface area (Å²) in [4.78, 5) is 4.21. The highest BCUT2D eigenvalue weighted by molar-refractivity contribution is 6.60. The maximum atomic E-state index is 5.88. The van der Waals surface area contributed by atoms with E-state index in [9.17, 15) is 0 Å². The van der Waals surface area contributed by atoms with Crippen molar-refractivity contribution in [2.24, 2.45) is 10.7 Å². The van der Waals surface area contributed by atoms with Crippen LogP contribution in [0.1, 0.15) is 27.7 Å². The number of allylic oxidation sites excluding steroid dienone is 1. The normalized spacial score (nSPS) is 22.9. The van der Waals surface area contributed by atoms with Crippen molar-refractivity contribution < 1.29 is 14.0 Å². The van der Waals surface area contributed by atoms with E-state index in [-0.39, 0.29) is 11.2 Å². The first-order valence-corrected chi connectivity index (χ1v) is 6.10. The molecule has 0 spiro atoms. The number of rotatable bonds is 5. The van der Waals surface area contributed by atoms with E-state index in [1.807, 2.05) is 27.7 Å². The molecule has 0 radical (unpaired) electrons. The third-order valence-electron chi connectivity index (χ3n) is 3.38. The number of nitrogens with two attached hydrogens (primary N) is 1. The van der Waals surface area contributed by atoms with Crippen molar-refractivity contribution >= 4 is 13.3 Å². The molecule has 0 aromatic rings. The monoisotopic (exact) mass is 254 g/mol. The van der Waals surface area contributed by atoms with Gasteiger partial charge in [0.2, 0.25) is 0 Å². The van der Waals surface area contributed by atoms with Crippen LogP contribution in [0.4, 0.5) is 0 Å². The van der Waals surface area contributed by atoms with Crippen molar-refractivity contribution in [1.82, 2.24) is 0 Å². The van der Waals surface area contributed by atoms with Gasteiger partial charge in [-0.1, -0.05) is 0 Å². The van der Waals surface area contributed by atoms with E-state index in [2.05, 4.69) is 4.99 Å². The minimum absolute atomic E-state index is 0.369. The van der Waals surface area contributed by atoms with Crippen LogP contribution in [0.2, 0.25) is 0 Å². The lowest BCUT2D eigenvalue weighted by Crippen LogP contribution is -2.41. The van der Waals surface area contributed by atoms with E-state index >= 15 is 0 Å². The van der Waals surface area contributed by atoms with Crippen molar-refractivity contribution in [3.05, 3.63) is 11.7 Å². The van der Waals surface area contributed by atoms with Crippen LogP contribution in [0.25, 0.3) is 0 Å². The van der Waals surface area contributed by atoms with E-state index in [1.165, 1.54) is 6.20 Å². The Hall–Kier alpha value is -0.845. The Morgan fingerprint density at radius 2 is 1.83 bits per heavy atom. The highest BCUT2D eigenvalue weighted by Gasteiger charge is 2.52. The first-order chi connectivity index (χ1) is 8.34. The van der Waals surface area contributed by atoms with Crippen LogP contribution in [0.3, 0.4) is 0 Å². The Labute approximate surface area is 110 Å². The number of methoxy groups -OCH3 is 1. The summed E-state index contributed by atoms with van der Waals surface area (Å²) in [7, 11) is 1.18. The van der Waals surface area contributed by atoms with E-state index in [1.54, 1.807) is 13.3 Å². The van der Waals surface area contributed by atoms with Crippen molar-refractivity contribution in [3.63, 3.8) is 0 Å². The van der Waals surface area contributed by atoms with Gasteiger partial charge < -0.3 is 19.8 Å². The summed E-state index contributed by atoms with van der Waals surface area (Å²) in [5.41, 5.74) is 5.59. The van der Waals surface area contributed by atoms with Crippen LogP contribution >= 0.6 is 0 Å². The average Bonchev–Trinajstić information content (AvgIpc) is 2.48. The second-order valence-electron chi connectivity index (χ2n) is 5.28. The van der Waals surface area contributed by atoms with Gasteiger partial charge in [0.1, 0.15) is 0 Å². The molecule has 1 heterocycles. The molecule has 1 saturated heterocycles. The second kappa shape index (κ2) is 5.86. The van der Waals surface area contributed by atoms with Gasteiger partial charge >= 0.3 is 7.12 Å². The molecule has 5 nitrogen and oxygen atoms in total. The molecule has 0 bridgehead atoms. The Balaban J connectivity index is 2.67. The molecule has 0 unspecified atom stereocenters. The van der Waals surface area contributed by atoms with Gasteiger partial charge in [0, 0.05) is 18.8 Å². The number of nitrogens with zero attached hydrogens (tertiary/aromatic N) is 1. The average molecular weight is 254 g/mol. The van der Waals surface area contributed by atoms with Gasteiger partial charge in [0.25, 0.3) is 0 Å². The predicted octanol–water partition coefficient (Wildman–Crippen LogP) is 1.18. The summed E-state index contributed by atoms with van der Waals surface area (Å²) in [5, 5.41) is 0. The van der Waals surface area contributed by atoms with Gasteiger partial charge in [-0.15, -0.1) is 0 Å². The molecule has 0 amide bonds. The van der Waals surface area contributed by atoms with Crippen LogP contribution in [-0.2, 0) is 14.0 Å². The molecule has 0 aromatic heterocycles. The number of aliphatic imine (C=N–C) groups is 1. The highest BCUT2D eigenvalue weighted by atomic mass is 16.7. The summed E-state index contributed by atoms with van der Waals surface area (Å²) in [6, 6.07) is 0. The summed E-state index contributed by atoms with van der Waals surface area (Å²) >= 11 is 0. The molecular weight excluding hydrogens is 231 g/mol. The molecule has 0 aliphatic carbocycles. The lowest BCUT2D eigenvalue weighted by Gasteiger charge is -2.32. The van der Waals surface area contributed by atoms with Gasteiger partial charge in [-0.25, -0.2) is 0 Å². The number of ether oxygens (including phenoxy) is 1. The first kappa shape index (κ1) is 15.2. The molecule has 2 N–H and O–H groups in total. The summed E-state index contributed by atoms with van der Waals surface area (Å²) < 4.78 is 16.7. The van der Waals surface area contributed by atoms with Gasteiger partial charge in [-0.2, -0.15) is 0 Å². The molecule has 0 aromatic carbocycles. The van der Waals surface area contributed by atoms with Crippen LogP contribution in [0, 0.1) is 0 Å². The van der Waals surface area contributed by atoms with E-state index in [0.29, 0.717) is 13.2 Å². The Morgan fingerprint density at radius 3 is 2.28 bits per heavy atom. The quantitative estimate of drug-likeness (QED) is 0.454. The molecule has 1 aliphatic heterocycles. The topological polar surface area (TPSA) is 66.1 Å². The Bertz CT molecular complexity index is 324.